The third kappa shape index (κ3) is 4.43. The number of halogens is 2. The molecule has 0 atom stereocenters. The largest absolute Gasteiger partial charge is 0.342 e. The van der Waals surface area contributed by atoms with Crippen LogP contribution in [0.15, 0.2) is 18.2 Å². The quantitative estimate of drug-likeness (QED) is 0.801. The summed E-state index contributed by atoms with van der Waals surface area (Å²) in [5.74, 6) is 0.0415. The number of nitrogens with zero attached hydrogens (tertiary/aromatic N) is 2. The number of ketones is 1. The fourth-order valence-corrected chi connectivity index (χ4v) is 2.84. The lowest BCUT2D eigenvalue weighted by Crippen LogP contribution is -2.35. The van der Waals surface area contributed by atoms with Gasteiger partial charge in [-0.25, -0.2) is 0 Å². The predicted octanol–water partition coefficient (Wildman–Crippen LogP) is 2.73. The molecule has 0 saturated carbocycles. The maximum absolute atomic E-state index is 12.3. The molecule has 0 aromatic heterocycles. The lowest BCUT2D eigenvalue weighted by Gasteiger charge is -2.20. The van der Waals surface area contributed by atoms with Crippen LogP contribution in [0.3, 0.4) is 0 Å². The van der Waals surface area contributed by atoms with Gasteiger partial charge in [0.05, 0.1) is 11.6 Å². The Morgan fingerprint density at radius 2 is 1.90 bits per heavy atom. The monoisotopic (exact) mass is 328 g/mol. The number of carbonyl (C=O) groups is 2. The molecule has 21 heavy (non-hydrogen) atoms. The van der Waals surface area contributed by atoms with E-state index in [-0.39, 0.29) is 11.7 Å². The van der Waals surface area contributed by atoms with E-state index in [1.165, 1.54) is 0 Å². The van der Waals surface area contributed by atoms with Gasteiger partial charge in [-0.2, -0.15) is 0 Å². The second-order valence-electron chi connectivity index (χ2n) is 5.18. The molecule has 4 nitrogen and oxygen atoms in total. The Balaban J connectivity index is 1.99. The van der Waals surface area contributed by atoms with Crippen LogP contribution in [-0.4, -0.2) is 54.2 Å². The minimum Gasteiger partial charge on any atom is -0.342 e. The first-order chi connectivity index (χ1) is 9.97. The van der Waals surface area contributed by atoms with E-state index >= 15 is 0 Å². The highest BCUT2D eigenvalue weighted by Gasteiger charge is 2.20. The summed E-state index contributed by atoms with van der Waals surface area (Å²) in [6, 6.07) is 4.90. The maximum atomic E-state index is 12.3. The molecular formula is C15H18Cl2N2O2. The van der Waals surface area contributed by atoms with Gasteiger partial charge in [-0.15, -0.1) is 0 Å². The van der Waals surface area contributed by atoms with Crippen LogP contribution in [0.25, 0.3) is 0 Å². The summed E-state index contributed by atoms with van der Waals surface area (Å²) in [6.07, 6.45) is 0.871. The van der Waals surface area contributed by atoms with E-state index < -0.39 is 0 Å². The van der Waals surface area contributed by atoms with Crippen LogP contribution < -0.4 is 0 Å². The molecule has 0 unspecified atom stereocenters. The lowest BCUT2D eigenvalue weighted by atomic mass is 10.1. The standard InChI is InChI=1S/C15H18Cl2N2O2/c1-11(20)19-6-2-5-18(7-8-19)10-15(21)13-9-12(16)3-4-14(13)17/h3-4,9H,2,5-8,10H2,1H3. The molecule has 1 aromatic carbocycles. The molecule has 1 aliphatic heterocycles. The van der Waals surface area contributed by atoms with Gasteiger partial charge in [0, 0.05) is 43.7 Å². The molecule has 1 saturated heterocycles. The highest BCUT2D eigenvalue weighted by molar-refractivity contribution is 6.36. The zero-order chi connectivity index (χ0) is 15.4. The molecule has 0 radical (unpaired) electrons. The van der Waals surface area contributed by atoms with Crippen LogP contribution in [-0.2, 0) is 4.79 Å². The van der Waals surface area contributed by atoms with Crippen molar-refractivity contribution in [1.29, 1.82) is 0 Å². The molecule has 0 N–H and O–H groups in total. The number of benzene rings is 1. The first kappa shape index (κ1) is 16.3. The van der Waals surface area contributed by atoms with E-state index in [0.717, 1.165) is 19.5 Å². The molecule has 0 spiro atoms. The van der Waals surface area contributed by atoms with Gasteiger partial charge in [-0.3, -0.25) is 14.5 Å². The third-order valence-electron chi connectivity index (χ3n) is 3.63. The van der Waals surface area contributed by atoms with E-state index in [0.29, 0.717) is 35.2 Å². The summed E-state index contributed by atoms with van der Waals surface area (Å²) >= 11 is 12.0. The molecule has 1 aromatic rings. The molecular weight excluding hydrogens is 311 g/mol. The van der Waals surface area contributed by atoms with E-state index in [1.54, 1.807) is 25.1 Å². The Labute approximate surface area is 134 Å². The van der Waals surface area contributed by atoms with Crippen molar-refractivity contribution in [2.45, 2.75) is 13.3 Å². The first-order valence-corrected chi connectivity index (χ1v) is 7.69. The summed E-state index contributed by atoms with van der Waals surface area (Å²) in [7, 11) is 0. The summed E-state index contributed by atoms with van der Waals surface area (Å²) < 4.78 is 0. The van der Waals surface area contributed by atoms with Crippen molar-refractivity contribution < 1.29 is 9.59 Å². The molecule has 0 bridgehead atoms. The van der Waals surface area contributed by atoms with Crippen molar-refractivity contribution in [1.82, 2.24) is 9.80 Å². The summed E-state index contributed by atoms with van der Waals surface area (Å²) in [6.45, 7) is 4.78. The fraction of sp³-hybridized carbons (Fsp3) is 0.467. The van der Waals surface area contributed by atoms with Crippen molar-refractivity contribution in [2.75, 3.05) is 32.7 Å². The van der Waals surface area contributed by atoms with Gasteiger partial charge in [-0.05, 0) is 24.6 Å². The summed E-state index contributed by atoms with van der Waals surface area (Å²) in [5, 5.41) is 0.922. The van der Waals surface area contributed by atoms with E-state index in [2.05, 4.69) is 4.90 Å². The van der Waals surface area contributed by atoms with Crippen LogP contribution in [0.4, 0.5) is 0 Å². The van der Waals surface area contributed by atoms with Crippen LogP contribution >= 0.6 is 23.2 Å². The predicted molar refractivity (Wildman–Crippen MR) is 84.1 cm³/mol. The van der Waals surface area contributed by atoms with Crippen molar-refractivity contribution in [3.8, 4) is 0 Å². The zero-order valence-electron chi connectivity index (χ0n) is 11.9. The Hall–Kier alpha value is -1.10. The molecule has 6 heteroatoms. The second kappa shape index (κ2) is 7.25. The van der Waals surface area contributed by atoms with Gasteiger partial charge < -0.3 is 4.90 Å². The molecule has 1 heterocycles. The Morgan fingerprint density at radius 3 is 2.62 bits per heavy atom. The van der Waals surface area contributed by atoms with Crippen LogP contribution in [0.1, 0.15) is 23.7 Å². The van der Waals surface area contributed by atoms with Gasteiger partial charge in [0.1, 0.15) is 0 Å². The third-order valence-corrected chi connectivity index (χ3v) is 4.19. The second-order valence-corrected chi connectivity index (χ2v) is 6.03. The topological polar surface area (TPSA) is 40.6 Å². The van der Waals surface area contributed by atoms with Crippen molar-refractivity contribution in [3.05, 3.63) is 33.8 Å². The SMILES string of the molecule is CC(=O)N1CCCN(CC(=O)c2cc(Cl)ccc2Cl)CC1. The van der Waals surface area contributed by atoms with Crippen molar-refractivity contribution in [2.24, 2.45) is 0 Å². The van der Waals surface area contributed by atoms with Gasteiger partial charge in [0.15, 0.2) is 5.78 Å². The Morgan fingerprint density at radius 1 is 1.14 bits per heavy atom. The maximum Gasteiger partial charge on any atom is 0.219 e. The van der Waals surface area contributed by atoms with Crippen LogP contribution in [0, 0.1) is 0 Å². The summed E-state index contributed by atoms with van der Waals surface area (Å²) in [4.78, 5) is 27.6. The average molecular weight is 329 g/mol. The van der Waals surface area contributed by atoms with E-state index in [4.69, 9.17) is 23.2 Å². The number of rotatable bonds is 3. The highest BCUT2D eigenvalue weighted by atomic mass is 35.5. The Bertz CT molecular complexity index is 548. The molecule has 1 fully saturated rings. The van der Waals surface area contributed by atoms with Crippen molar-refractivity contribution in [3.63, 3.8) is 0 Å². The lowest BCUT2D eigenvalue weighted by molar-refractivity contribution is -0.128. The van der Waals surface area contributed by atoms with E-state index in [9.17, 15) is 9.59 Å². The number of carbonyl (C=O) groups excluding carboxylic acids is 2. The highest BCUT2D eigenvalue weighted by Crippen LogP contribution is 2.21. The number of Topliss-reactive ketones (excluding diaryl/α,β-unsaturated/α-hetero) is 1. The normalized spacial score (nSPS) is 16.6. The average Bonchev–Trinajstić information content (AvgIpc) is 2.67. The van der Waals surface area contributed by atoms with Crippen molar-refractivity contribution >= 4 is 34.9 Å². The summed E-state index contributed by atoms with van der Waals surface area (Å²) in [5.41, 5.74) is 0.455. The number of hydrogen-bond acceptors (Lipinski definition) is 3. The zero-order valence-corrected chi connectivity index (χ0v) is 13.5. The number of hydrogen-bond donors (Lipinski definition) is 0. The fourth-order valence-electron chi connectivity index (χ4n) is 2.44. The molecule has 114 valence electrons. The molecule has 1 aliphatic rings. The molecule has 0 aliphatic carbocycles. The minimum atomic E-state index is -0.0428. The van der Waals surface area contributed by atoms with Gasteiger partial charge in [0.2, 0.25) is 5.91 Å². The smallest absolute Gasteiger partial charge is 0.219 e. The van der Waals surface area contributed by atoms with Gasteiger partial charge in [0.25, 0.3) is 0 Å². The number of amides is 1. The first-order valence-electron chi connectivity index (χ1n) is 6.93. The van der Waals surface area contributed by atoms with Crippen LogP contribution in [0.2, 0.25) is 10.0 Å². The van der Waals surface area contributed by atoms with E-state index in [1.807, 2.05) is 4.90 Å². The Kier molecular flexibility index (Phi) is 5.62. The van der Waals surface area contributed by atoms with Gasteiger partial charge in [-0.1, -0.05) is 23.2 Å². The molecule has 1 amide bonds. The van der Waals surface area contributed by atoms with Crippen LogP contribution in [0.5, 0.6) is 0 Å². The minimum absolute atomic E-state index is 0.0428. The molecule has 2 rings (SSSR count). The van der Waals surface area contributed by atoms with Gasteiger partial charge >= 0.3 is 0 Å².